The first-order valence-electron chi connectivity index (χ1n) is 6.75. The maximum absolute atomic E-state index is 13.4. The average molecular weight is 240 g/mol. The number of hydrogen-bond donors (Lipinski definition) is 1. The van der Waals surface area contributed by atoms with E-state index in [0.29, 0.717) is 36.0 Å². The first kappa shape index (κ1) is 10.5. The van der Waals surface area contributed by atoms with E-state index in [-0.39, 0.29) is 12.5 Å². The number of aliphatic hydroxyl groups excluding tert-OH is 1. The Kier molecular flexibility index (Phi) is 1.92. The number of fused-ring (bicyclic) bond motifs is 9. The molecule has 4 rings (SSSR count). The predicted octanol–water partition coefficient (Wildman–Crippen LogP) is 2.71. The van der Waals surface area contributed by atoms with Crippen molar-refractivity contribution in [2.24, 2.45) is 40.9 Å². The summed E-state index contributed by atoms with van der Waals surface area (Å²) in [6.45, 7) is -0.323. The first-order chi connectivity index (χ1) is 8.17. The zero-order valence-electron chi connectivity index (χ0n) is 9.73. The fourth-order valence-corrected chi connectivity index (χ4v) is 5.75. The van der Waals surface area contributed by atoms with Crippen LogP contribution in [0.5, 0.6) is 0 Å². The number of allylic oxidation sites excluding steroid dienone is 2. The summed E-state index contributed by atoms with van der Waals surface area (Å²) in [4.78, 5) is 0. The van der Waals surface area contributed by atoms with Crippen molar-refractivity contribution in [2.75, 3.05) is 6.61 Å². The van der Waals surface area contributed by atoms with Gasteiger partial charge in [-0.2, -0.15) is 0 Å². The van der Waals surface area contributed by atoms with Crippen LogP contribution in [0.3, 0.4) is 0 Å². The molecule has 7 atom stereocenters. The van der Waals surface area contributed by atoms with Gasteiger partial charge in [-0.25, -0.2) is 8.78 Å². The van der Waals surface area contributed by atoms with Gasteiger partial charge in [-0.3, -0.25) is 0 Å². The molecule has 3 heteroatoms. The van der Waals surface area contributed by atoms with E-state index < -0.39 is 11.8 Å². The van der Waals surface area contributed by atoms with E-state index in [0.717, 1.165) is 6.42 Å². The maximum atomic E-state index is 13.4. The van der Waals surface area contributed by atoms with Gasteiger partial charge in [0.15, 0.2) is 0 Å². The van der Waals surface area contributed by atoms with Crippen LogP contribution in [-0.4, -0.2) is 18.1 Å². The van der Waals surface area contributed by atoms with E-state index in [2.05, 4.69) is 12.2 Å². The van der Waals surface area contributed by atoms with E-state index >= 15 is 0 Å². The third-order valence-electron chi connectivity index (χ3n) is 6.26. The molecule has 0 heterocycles. The number of halogens is 2. The fourth-order valence-electron chi connectivity index (χ4n) is 5.75. The van der Waals surface area contributed by atoms with Gasteiger partial charge in [0.2, 0.25) is 6.43 Å². The number of rotatable bonds is 2. The van der Waals surface area contributed by atoms with Crippen LogP contribution in [0.4, 0.5) is 8.78 Å². The molecule has 0 saturated heterocycles. The molecule has 0 aromatic carbocycles. The summed E-state index contributed by atoms with van der Waals surface area (Å²) in [6.07, 6.45) is 4.90. The van der Waals surface area contributed by atoms with Gasteiger partial charge in [0.05, 0.1) is 12.0 Å². The second kappa shape index (κ2) is 3.11. The molecule has 4 aliphatic rings. The largest absolute Gasteiger partial charge is 0.396 e. The smallest absolute Gasteiger partial charge is 0.246 e. The van der Waals surface area contributed by atoms with Gasteiger partial charge in [0.25, 0.3) is 0 Å². The highest BCUT2D eigenvalue weighted by Gasteiger charge is 2.68. The third-order valence-corrected chi connectivity index (χ3v) is 6.26. The summed E-state index contributed by atoms with van der Waals surface area (Å²) < 4.78 is 26.7. The SMILES string of the molecule is OCC1(C(F)F)CC2CC1C1C3C=CC(C3)C21. The van der Waals surface area contributed by atoms with Crippen molar-refractivity contribution in [1.29, 1.82) is 0 Å². The van der Waals surface area contributed by atoms with Crippen molar-refractivity contribution in [3.8, 4) is 0 Å². The van der Waals surface area contributed by atoms with Crippen molar-refractivity contribution in [3.63, 3.8) is 0 Å². The molecule has 4 bridgehead atoms. The number of hydrogen-bond acceptors (Lipinski definition) is 1. The minimum absolute atomic E-state index is 0.0717. The number of aliphatic hydroxyl groups is 1. The molecule has 0 aliphatic heterocycles. The highest BCUT2D eigenvalue weighted by molar-refractivity contribution is 5.23. The Bertz CT molecular complexity index is 380. The third kappa shape index (κ3) is 1.04. The molecule has 17 heavy (non-hydrogen) atoms. The van der Waals surface area contributed by atoms with Gasteiger partial charge in [-0.1, -0.05) is 12.2 Å². The van der Waals surface area contributed by atoms with Crippen molar-refractivity contribution in [2.45, 2.75) is 25.7 Å². The normalized spacial score (nSPS) is 58.4. The van der Waals surface area contributed by atoms with Crippen LogP contribution in [0.15, 0.2) is 12.2 Å². The summed E-state index contributed by atoms with van der Waals surface area (Å²) in [7, 11) is 0. The highest BCUT2D eigenvalue weighted by Crippen LogP contribution is 2.71. The lowest BCUT2D eigenvalue weighted by Crippen LogP contribution is -2.45. The Morgan fingerprint density at radius 3 is 2.53 bits per heavy atom. The highest BCUT2D eigenvalue weighted by atomic mass is 19.3. The monoisotopic (exact) mass is 240 g/mol. The topological polar surface area (TPSA) is 20.2 Å². The van der Waals surface area contributed by atoms with Crippen LogP contribution < -0.4 is 0 Å². The summed E-state index contributed by atoms with van der Waals surface area (Å²) in [5, 5.41) is 9.50. The van der Waals surface area contributed by atoms with Gasteiger partial charge < -0.3 is 5.11 Å². The summed E-state index contributed by atoms with van der Waals surface area (Å²) >= 11 is 0. The quantitative estimate of drug-likeness (QED) is 0.581. The Morgan fingerprint density at radius 1 is 1.18 bits per heavy atom. The second-order valence-corrected chi connectivity index (χ2v) is 6.60. The first-order valence-corrected chi connectivity index (χ1v) is 6.75. The van der Waals surface area contributed by atoms with E-state index in [1.165, 1.54) is 6.42 Å². The molecule has 4 aliphatic carbocycles. The Labute approximate surface area is 99.9 Å². The lowest BCUT2D eigenvalue weighted by molar-refractivity contribution is -0.103. The van der Waals surface area contributed by atoms with Gasteiger partial charge in [0, 0.05) is 0 Å². The van der Waals surface area contributed by atoms with Crippen molar-refractivity contribution >= 4 is 0 Å². The molecule has 3 fully saturated rings. The summed E-state index contributed by atoms with van der Waals surface area (Å²) in [5.74, 6) is 2.83. The molecule has 94 valence electrons. The Hall–Kier alpha value is -0.440. The van der Waals surface area contributed by atoms with Gasteiger partial charge >= 0.3 is 0 Å². The minimum Gasteiger partial charge on any atom is -0.396 e. The molecule has 0 amide bonds. The maximum Gasteiger partial charge on any atom is 0.246 e. The van der Waals surface area contributed by atoms with Gasteiger partial charge in [-0.15, -0.1) is 0 Å². The molecular formula is C14H18F2O. The molecule has 3 saturated carbocycles. The summed E-state index contributed by atoms with van der Waals surface area (Å²) in [5.41, 5.74) is -1.07. The van der Waals surface area contributed by atoms with Crippen LogP contribution in [0.25, 0.3) is 0 Å². The van der Waals surface area contributed by atoms with Crippen LogP contribution in [-0.2, 0) is 0 Å². The lowest BCUT2D eigenvalue weighted by Gasteiger charge is -2.44. The van der Waals surface area contributed by atoms with Crippen LogP contribution in [0.2, 0.25) is 0 Å². The van der Waals surface area contributed by atoms with Crippen LogP contribution in [0.1, 0.15) is 19.3 Å². The standard InChI is InChI=1S/C14H18F2O/c15-13(16)14(6-17)5-9-4-10(14)12-8-2-1-7(3-8)11(9)12/h1-2,7-13,17H,3-6H2. The molecule has 0 spiro atoms. The molecule has 0 aromatic heterocycles. The van der Waals surface area contributed by atoms with Crippen molar-refractivity contribution < 1.29 is 13.9 Å². The zero-order chi connectivity index (χ0) is 11.8. The zero-order valence-corrected chi connectivity index (χ0v) is 9.73. The molecular weight excluding hydrogens is 222 g/mol. The molecule has 7 unspecified atom stereocenters. The average Bonchev–Trinajstić information content (AvgIpc) is 3.05. The Morgan fingerprint density at radius 2 is 1.88 bits per heavy atom. The van der Waals surface area contributed by atoms with Gasteiger partial charge in [-0.05, 0) is 54.8 Å². The van der Waals surface area contributed by atoms with Crippen molar-refractivity contribution in [3.05, 3.63) is 12.2 Å². The predicted molar refractivity (Wildman–Crippen MR) is 59.5 cm³/mol. The fraction of sp³-hybridized carbons (Fsp3) is 0.857. The minimum atomic E-state index is -2.36. The molecule has 1 nitrogen and oxygen atoms in total. The Balaban J connectivity index is 1.73. The van der Waals surface area contributed by atoms with E-state index in [4.69, 9.17) is 0 Å². The van der Waals surface area contributed by atoms with Crippen LogP contribution in [0, 0.1) is 40.9 Å². The van der Waals surface area contributed by atoms with Gasteiger partial charge in [0.1, 0.15) is 0 Å². The van der Waals surface area contributed by atoms with E-state index in [9.17, 15) is 13.9 Å². The second-order valence-electron chi connectivity index (χ2n) is 6.60. The lowest BCUT2D eigenvalue weighted by atomic mass is 9.62. The molecule has 1 N–H and O–H groups in total. The molecule has 0 aromatic rings. The summed E-state index contributed by atoms with van der Waals surface area (Å²) in [6, 6.07) is 0. The number of alkyl halides is 2. The van der Waals surface area contributed by atoms with Crippen molar-refractivity contribution in [1.82, 2.24) is 0 Å². The van der Waals surface area contributed by atoms with Crippen LogP contribution >= 0.6 is 0 Å². The molecule has 0 radical (unpaired) electrons. The van der Waals surface area contributed by atoms with E-state index in [1.807, 2.05) is 0 Å². The van der Waals surface area contributed by atoms with E-state index in [1.54, 1.807) is 0 Å².